The van der Waals surface area contributed by atoms with Crippen LogP contribution in [0.1, 0.15) is 20.8 Å². The number of aliphatic carboxylic acids is 1. The van der Waals surface area contributed by atoms with Crippen molar-refractivity contribution in [1.82, 2.24) is 5.32 Å². The smallest absolute Gasteiger partial charge is 0.323 e. The standard InChI is InChI=1S/C11H23NO6/c1-11(2,3)5-12-7(10(17)18)9(16)8(15)6(14)4-13/h6-9,12-16H,4-5H2,1-3H3,(H,17,18)/t6-,7?,8-,9-/m1/s1. The second-order valence-corrected chi connectivity index (χ2v) is 5.49. The van der Waals surface area contributed by atoms with Crippen LogP contribution in [0.2, 0.25) is 0 Å². The molecule has 0 aromatic carbocycles. The number of carbonyl (C=O) groups is 1. The Balaban J connectivity index is 4.64. The number of rotatable bonds is 7. The molecular weight excluding hydrogens is 242 g/mol. The number of carboxylic acid groups (broad SMARTS) is 1. The van der Waals surface area contributed by atoms with Crippen LogP contribution >= 0.6 is 0 Å². The van der Waals surface area contributed by atoms with Crippen LogP contribution in [-0.2, 0) is 4.79 Å². The van der Waals surface area contributed by atoms with Crippen LogP contribution < -0.4 is 5.32 Å². The minimum atomic E-state index is -1.73. The average Bonchev–Trinajstić information content (AvgIpc) is 2.24. The highest BCUT2D eigenvalue weighted by Crippen LogP contribution is 2.12. The minimum Gasteiger partial charge on any atom is -0.480 e. The Morgan fingerprint density at radius 3 is 2.00 bits per heavy atom. The molecule has 0 aromatic rings. The molecule has 108 valence electrons. The van der Waals surface area contributed by atoms with Crippen LogP contribution in [0.3, 0.4) is 0 Å². The van der Waals surface area contributed by atoms with Crippen molar-refractivity contribution >= 4 is 5.97 Å². The van der Waals surface area contributed by atoms with E-state index in [1.54, 1.807) is 0 Å². The van der Waals surface area contributed by atoms with E-state index < -0.39 is 36.9 Å². The molecule has 0 saturated heterocycles. The number of hydrogen-bond acceptors (Lipinski definition) is 6. The van der Waals surface area contributed by atoms with Crippen molar-refractivity contribution in [3.63, 3.8) is 0 Å². The van der Waals surface area contributed by atoms with Gasteiger partial charge in [-0.2, -0.15) is 0 Å². The number of nitrogens with one attached hydrogen (secondary N) is 1. The van der Waals surface area contributed by atoms with Gasteiger partial charge in [-0.05, 0) is 5.41 Å². The highest BCUT2D eigenvalue weighted by Gasteiger charge is 2.35. The topological polar surface area (TPSA) is 130 Å². The van der Waals surface area contributed by atoms with Gasteiger partial charge in [-0.15, -0.1) is 0 Å². The summed E-state index contributed by atoms with van der Waals surface area (Å²) in [5.41, 5.74) is -0.200. The van der Waals surface area contributed by atoms with Crippen LogP contribution in [-0.4, -0.2) is 69.0 Å². The lowest BCUT2D eigenvalue weighted by Gasteiger charge is -2.29. The van der Waals surface area contributed by atoms with Crippen LogP contribution in [0.15, 0.2) is 0 Å². The molecule has 0 bridgehead atoms. The van der Waals surface area contributed by atoms with E-state index in [-0.39, 0.29) is 5.41 Å². The molecule has 6 N–H and O–H groups in total. The largest absolute Gasteiger partial charge is 0.480 e. The number of aliphatic hydroxyl groups is 4. The predicted molar refractivity (Wildman–Crippen MR) is 64.0 cm³/mol. The van der Waals surface area contributed by atoms with Crippen molar-refractivity contribution in [3.8, 4) is 0 Å². The SMILES string of the molecule is CC(C)(C)CNC(C(=O)O)[C@@H](O)[C@H](O)[C@H](O)CO. The van der Waals surface area contributed by atoms with Crippen LogP contribution in [0, 0.1) is 5.41 Å². The number of carboxylic acids is 1. The maximum Gasteiger partial charge on any atom is 0.323 e. The van der Waals surface area contributed by atoms with E-state index in [1.807, 2.05) is 20.8 Å². The summed E-state index contributed by atoms with van der Waals surface area (Å²) in [7, 11) is 0. The normalized spacial score (nSPS) is 19.1. The van der Waals surface area contributed by atoms with Crippen molar-refractivity contribution in [2.24, 2.45) is 5.41 Å². The van der Waals surface area contributed by atoms with Crippen molar-refractivity contribution in [1.29, 1.82) is 0 Å². The maximum absolute atomic E-state index is 11.0. The minimum absolute atomic E-state index is 0.200. The summed E-state index contributed by atoms with van der Waals surface area (Å²) in [4.78, 5) is 11.0. The van der Waals surface area contributed by atoms with Gasteiger partial charge in [0.1, 0.15) is 24.4 Å². The van der Waals surface area contributed by atoms with Gasteiger partial charge in [-0.25, -0.2) is 0 Å². The van der Waals surface area contributed by atoms with E-state index in [2.05, 4.69) is 5.32 Å². The van der Waals surface area contributed by atoms with Gasteiger partial charge < -0.3 is 30.8 Å². The Morgan fingerprint density at radius 2 is 1.67 bits per heavy atom. The van der Waals surface area contributed by atoms with Gasteiger partial charge in [-0.3, -0.25) is 4.79 Å². The van der Waals surface area contributed by atoms with Crippen LogP contribution in [0.25, 0.3) is 0 Å². The summed E-state index contributed by atoms with van der Waals surface area (Å²) in [6.45, 7) is 5.19. The summed E-state index contributed by atoms with van der Waals surface area (Å²) < 4.78 is 0. The molecular formula is C11H23NO6. The molecule has 7 heteroatoms. The monoisotopic (exact) mass is 265 g/mol. The lowest BCUT2D eigenvalue weighted by Crippen LogP contribution is -2.56. The molecule has 4 atom stereocenters. The molecule has 1 unspecified atom stereocenters. The molecule has 0 rings (SSSR count). The zero-order valence-corrected chi connectivity index (χ0v) is 10.9. The summed E-state index contributed by atoms with van der Waals surface area (Å²) in [6, 6.07) is -1.42. The lowest BCUT2D eigenvalue weighted by molar-refractivity contribution is -0.149. The Morgan fingerprint density at radius 1 is 1.17 bits per heavy atom. The first-order valence-electron chi connectivity index (χ1n) is 5.71. The fraction of sp³-hybridized carbons (Fsp3) is 0.909. The van der Waals surface area contributed by atoms with Gasteiger partial charge in [0.25, 0.3) is 0 Å². The maximum atomic E-state index is 11.0. The Bertz CT molecular complexity index is 265. The van der Waals surface area contributed by atoms with Crippen molar-refractivity contribution in [2.45, 2.75) is 45.1 Å². The third-order valence-corrected chi connectivity index (χ3v) is 2.39. The highest BCUT2D eigenvalue weighted by molar-refractivity contribution is 5.74. The molecule has 0 radical (unpaired) electrons. The molecule has 0 aromatic heterocycles. The second-order valence-electron chi connectivity index (χ2n) is 5.49. The van der Waals surface area contributed by atoms with E-state index in [9.17, 15) is 20.1 Å². The highest BCUT2D eigenvalue weighted by atomic mass is 16.4. The summed E-state index contributed by atoms with van der Waals surface area (Å²) in [5, 5.41) is 48.6. The van der Waals surface area contributed by atoms with Crippen LogP contribution in [0.5, 0.6) is 0 Å². The van der Waals surface area contributed by atoms with Gasteiger partial charge in [0.2, 0.25) is 0 Å². The van der Waals surface area contributed by atoms with E-state index in [1.165, 1.54) is 0 Å². The number of aliphatic hydroxyl groups excluding tert-OH is 4. The van der Waals surface area contributed by atoms with Gasteiger partial charge in [0, 0.05) is 6.54 Å². The average molecular weight is 265 g/mol. The molecule has 0 spiro atoms. The molecule has 0 aliphatic rings. The van der Waals surface area contributed by atoms with Crippen LogP contribution in [0.4, 0.5) is 0 Å². The van der Waals surface area contributed by atoms with Crippen molar-refractivity contribution in [3.05, 3.63) is 0 Å². The van der Waals surface area contributed by atoms with Crippen molar-refractivity contribution < 1.29 is 30.3 Å². The predicted octanol–water partition coefficient (Wildman–Crippen LogP) is -1.85. The van der Waals surface area contributed by atoms with Crippen molar-refractivity contribution in [2.75, 3.05) is 13.2 Å². The first kappa shape index (κ1) is 17.3. The molecule has 0 heterocycles. The quantitative estimate of drug-likeness (QED) is 0.318. The van der Waals surface area contributed by atoms with Gasteiger partial charge in [0.05, 0.1) is 6.61 Å². The third-order valence-electron chi connectivity index (χ3n) is 2.39. The first-order valence-corrected chi connectivity index (χ1v) is 5.71. The first-order chi connectivity index (χ1) is 8.10. The molecule has 0 amide bonds. The Kier molecular flexibility index (Phi) is 6.72. The second kappa shape index (κ2) is 7.01. The molecule has 7 nitrogen and oxygen atoms in total. The summed E-state index contributed by atoms with van der Waals surface area (Å²) in [6.07, 6.45) is -5.03. The van der Waals surface area contributed by atoms with E-state index in [4.69, 9.17) is 10.2 Å². The van der Waals surface area contributed by atoms with Gasteiger partial charge in [-0.1, -0.05) is 20.8 Å². The Hall–Kier alpha value is -0.730. The lowest BCUT2D eigenvalue weighted by atomic mass is 9.95. The van der Waals surface area contributed by atoms with Gasteiger partial charge >= 0.3 is 5.97 Å². The summed E-state index contributed by atoms with van der Waals surface area (Å²) >= 11 is 0. The molecule has 0 aliphatic heterocycles. The third kappa shape index (κ3) is 5.74. The Labute approximate surface area is 106 Å². The molecule has 0 fully saturated rings. The fourth-order valence-corrected chi connectivity index (χ4v) is 1.30. The molecule has 0 saturated carbocycles. The van der Waals surface area contributed by atoms with Gasteiger partial charge in [0.15, 0.2) is 0 Å². The zero-order chi connectivity index (χ0) is 14.5. The van der Waals surface area contributed by atoms with E-state index >= 15 is 0 Å². The summed E-state index contributed by atoms with van der Waals surface area (Å²) in [5.74, 6) is -1.34. The molecule has 0 aliphatic carbocycles. The number of hydrogen-bond donors (Lipinski definition) is 6. The van der Waals surface area contributed by atoms with E-state index in [0.29, 0.717) is 6.54 Å². The zero-order valence-electron chi connectivity index (χ0n) is 10.9. The van der Waals surface area contributed by atoms with E-state index in [0.717, 1.165) is 0 Å². The molecule has 18 heavy (non-hydrogen) atoms. The fourth-order valence-electron chi connectivity index (χ4n) is 1.30.